The first-order valence-electron chi connectivity index (χ1n) is 6.07. The monoisotopic (exact) mass is 371 g/mol. The molecule has 0 aliphatic heterocycles. The molecule has 0 aliphatic carbocycles. The van der Waals surface area contributed by atoms with Gasteiger partial charge in [0.05, 0.1) is 25.7 Å². The van der Waals surface area contributed by atoms with Crippen LogP contribution in [0.15, 0.2) is 0 Å². The summed E-state index contributed by atoms with van der Waals surface area (Å²) in [5, 5.41) is 34.7. The van der Waals surface area contributed by atoms with Gasteiger partial charge in [-0.05, 0) is 0 Å². The fourth-order valence-corrected chi connectivity index (χ4v) is 2.48. The Bertz CT molecular complexity index is 471. The van der Waals surface area contributed by atoms with Crippen molar-refractivity contribution in [1.29, 1.82) is 0 Å². The standard InChI is InChI=1S/C10H15N2O11P/c11-9(1-5(13)14,2-6(15)16)22-24(21)23-10(12,3-7(17)18)4-8(19)20/h1-4,11-12H2,(H3-,13,14,15,16,17,18,19,20)/p+1. The van der Waals surface area contributed by atoms with Crippen LogP contribution in [0.2, 0.25) is 0 Å². The molecule has 14 heteroatoms. The van der Waals surface area contributed by atoms with Crippen LogP contribution in [0.1, 0.15) is 25.7 Å². The average molecular weight is 371 g/mol. The van der Waals surface area contributed by atoms with E-state index in [-0.39, 0.29) is 0 Å². The summed E-state index contributed by atoms with van der Waals surface area (Å²) in [5.74, 6) is -6.29. The maximum atomic E-state index is 11.8. The minimum absolute atomic E-state index is 1.07. The van der Waals surface area contributed by atoms with Crippen molar-refractivity contribution < 1.29 is 53.2 Å². The lowest BCUT2D eigenvalue weighted by molar-refractivity contribution is -0.146. The summed E-state index contributed by atoms with van der Waals surface area (Å²) in [6.07, 6.45) is -4.28. The normalized spacial score (nSPS) is 11.8. The lowest BCUT2D eigenvalue weighted by Gasteiger charge is -2.21. The SMILES string of the molecule is NC(CC(=O)O)(CC(=O)O)O[P+](=O)OC(N)(CC(=O)O)CC(=O)O. The molecular formula is C10H16N2O11P+. The molecule has 24 heavy (non-hydrogen) atoms. The Labute approximate surface area is 135 Å². The van der Waals surface area contributed by atoms with E-state index in [1.54, 1.807) is 0 Å². The number of aliphatic carboxylic acids is 4. The van der Waals surface area contributed by atoms with E-state index in [0.717, 1.165) is 0 Å². The molecule has 0 spiro atoms. The van der Waals surface area contributed by atoms with Crippen LogP contribution in [-0.2, 0) is 32.8 Å². The topological polar surface area (TPSA) is 237 Å². The molecule has 0 saturated carbocycles. The minimum Gasteiger partial charge on any atom is -0.481 e. The number of hydrogen-bond donors (Lipinski definition) is 6. The van der Waals surface area contributed by atoms with Crippen LogP contribution >= 0.6 is 8.25 Å². The number of hydrogen-bond acceptors (Lipinski definition) is 9. The largest absolute Gasteiger partial charge is 0.701 e. The predicted molar refractivity (Wildman–Crippen MR) is 72.6 cm³/mol. The zero-order valence-corrected chi connectivity index (χ0v) is 13.0. The Morgan fingerprint density at radius 2 is 0.917 bits per heavy atom. The van der Waals surface area contributed by atoms with Crippen molar-refractivity contribution in [2.75, 3.05) is 0 Å². The van der Waals surface area contributed by atoms with Crippen LogP contribution in [-0.4, -0.2) is 55.8 Å². The van der Waals surface area contributed by atoms with Gasteiger partial charge in [0.25, 0.3) is 0 Å². The average Bonchev–Trinajstić information content (AvgIpc) is 2.20. The molecule has 0 fully saturated rings. The van der Waals surface area contributed by atoms with Crippen LogP contribution in [0, 0.1) is 0 Å². The maximum absolute atomic E-state index is 11.8. The fraction of sp³-hybridized carbons (Fsp3) is 0.600. The molecule has 136 valence electrons. The van der Waals surface area contributed by atoms with Gasteiger partial charge in [-0.15, -0.1) is 0 Å². The van der Waals surface area contributed by atoms with Gasteiger partial charge in [-0.25, -0.2) is 0 Å². The number of carboxylic acid groups (broad SMARTS) is 4. The lowest BCUT2D eigenvalue weighted by Crippen LogP contribution is -2.47. The van der Waals surface area contributed by atoms with E-state index in [0.29, 0.717) is 0 Å². The summed E-state index contributed by atoms with van der Waals surface area (Å²) in [5.41, 5.74) is 5.91. The summed E-state index contributed by atoms with van der Waals surface area (Å²) < 4.78 is 20.9. The first-order valence-corrected chi connectivity index (χ1v) is 7.17. The van der Waals surface area contributed by atoms with E-state index in [1.165, 1.54) is 0 Å². The molecule has 0 saturated heterocycles. The van der Waals surface area contributed by atoms with Gasteiger partial charge in [-0.1, -0.05) is 9.05 Å². The van der Waals surface area contributed by atoms with Gasteiger partial charge in [-0.3, -0.25) is 30.6 Å². The van der Waals surface area contributed by atoms with E-state index in [2.05, 4.69) is 9.05 Å². The van der Waals surface area contributed by atoms with Gasteiger partial charge < -0.3 is 20.4 Å². The van der Waals surface area contributed by atoms with E-state index < -0.39 is 69.3 Å². The Morgan fingerprint density at radius 3 is 1.08 bits per heavy atom. The molecule has 0 unspecified atom stereocenters. The molecule has 0 radical (unpaired) electrons. The van der Waals surface area contributed by atoms with Crippen molar-refractivity contribution in [3.63, 3.8) is 0 Å². The van der Waals surface area contributed by atoms with E-state index in [1.807, 2.05) is 0 Å². The summed E-state index contributed by atoms with van der Waals surface area (Å²) in [6.45, 7) is 0. The highest BCUT2D eigenvalue weighted by atomic mass is 31.1. The molecule has 0 amide bonds. The van der Waals surface area contributed by atoms with Gasteiger partial charge in [-0.2, -0.15) is 0 Å². The second-order valence-corrected chi connectivity index (χ2v) is 5.63. The van der Waals surface area contributed by atoms with Gasteiger partial charge in [0.15, 0.2) is 11.4 Å². The van der Waals surface area contributed by atoms with Crippen LogP contribution in [0.4, 0.5) is 0 Å². The van der Waals surface area contributed by atoms with Gasteiger partial charge in [0.1, 0.15) is 0 Å². The molecule has 0 atom stereocenters. The third-order valence-electron chi connectivity index (χ3n) is 2.31. The number of carbonyl (C=O) groups is 4. The van der Waals surface area contributed by atoms with Crippen LogP contribution in [0.3, 0.4) is 0 Å². The van der Waals surface area contributed by atoms with Gasteiger partial charge in [0.2, 0.25) is 0 Å². The Hall–Kier alpha value is -2.18. The summed E-state index contributed by atoms with van der Waals surface area (Å²) in [6, 6.07) is 0. The van der Waals surface area contributed by atoms with E-state index in [4.69, 9.17) is 31.9 Å². The summed E-state index contributed by atoms with van der Waals surface area (Å²) in [7, 11) is -3.43. The molecule has 0 rings (SSSR count). The van der Waals surface area contributed by atoms with Crippen molar-refractivity contribution in [2.24, 2.45) is 11.5 Å². The van der Waals surface area contributed by atoms with Crippen LogP contribution < -0.4 is 11.5 Å². The second kappa shape index (κ2) is 8.61. The molecule has 0 aliphatic rings. The number of nitrogens with two attached hydrogens (primary N) is 2. The molecule has 0 aromatic heterocycles. The van der Waals surface area contributed by atoms with Crippen molar-refractivity contribution >= 4 is 32.1 Å². The fourth-order valence-electron chi connectivity index (χ4n) is 1.59. The maximum Gasteiger partial charge on any atom is 0.701 e. The van der Waals surface area contributed by atoms with Gasteiger partial charge >= 0.3 is 32.1 Å². The molecular weight excluding hydrogens is 355 g/mol. The predicted octanol–water partition coefficient (Wildman–Crippen LogP) is -1.11. The van der Waals surface area contributed by atoms with Crippen molar-refractivity contribution in [3.8, 4) is 0 Å². The first kappa shape index (κ1) is 21.8. The molecule has 13 nitrogen and oxygen atoms in total. The first-order chi connectivity index (χ1) is 10.8. The molecule has 0 aromatic carbocycles. The van der Waals surface area contributed by atoms with Crippen LogP contribution in [0.25, 0.3) is 0 Å². The summed E-state index contributed by atoms with van der Waals surface area (Å²) in [4.78, 5) is 42.7. The smallest absolute Gasteiger partial charge is 0.481 e. The highest BCUT2D eigenvalue weighted by Crippen LogP contribution is 2.37. The molecule has 0 bridgehead atoms. The quantitative estimate of drug-likeness (QED) is 0.176. The third-order valence-corrected chi connectivity index (χ3v) is 3.34. The zero-order valence-electron chi connectivity index (χ0n) is 12.1. The Kier molecular flexibility index (Phi) is 7.83. The number of carboxylic acids is 4. The molecule has 0 heterocycles. The highest BCUT2D eigenvalue weighted by molar-refractivity contribution is 7.33. The Balaban J connectivity index is 5.19. The van der Waals surface area contributed by atoms with Crippen molar-refractivity contribution in [1.82, 2.24) is 0 Å². The van der Waals surface area contributed by atoms with Crippen molar-refractivity contribution in [2.45, 2.75) is 37.1 Å². The van der Waals surface area contributed by atoms with Crippen molar-refractivity contribution in [3.05, 3.63) is 0 Å². The zero-order chi connectivity index (χ0) is 19.1. The lowest BCUT2D eigenvalue weighted by atomic mass is 10.1. The molecule has 0 aromatic rings. The molecule has 8 N–H and O–H groups in total. The van der Waals surface area contributed by atoms with Crippen LogP contribution in [0.5, 0.6) is 0 Å². The summed E-state index contributed by atoms with van der Waals surface area (Å²) >= 11 is 0. The minimum atomic E-state index is -3.43. The van der Waals surface area contributed by atoms with E-state index in [9.17, 15) is 23.7 Å². The highest BCUT2D eigenvalue weighted by Gasteiger charge is 2.48. The number of rotatable bonds is 12. The van der Waals surface area contributed by atoms with Gasteiger partial charge in [0, 0.05) is 4.57 Å². The third kappa shape index (κ3) is 9.07. The second-order valence-electron chi connectivity index (χ2n) is 4.82. The van der Waals surface area contributed by atoms with E-state index >= 15 is 0 Å². The Morgan fingerprint density at radius 1 is 0.708 bits per heavy atom.